The zero-order chi connectivity index (χ0) is 41.1. The third kappa shape index (κ3) is 42.0. The van der Waals surface area contributed by atoms with Crippen molar-refractivity contribution >= 4 is 13.8 Å². The first-order valence-corrected chi connectivity index (χ1v) is 24.1. The summed E-state index contributed by atoms with van der Waals surface area (Å²) in [5.41, 5.74) is 0. The summed E-state index contributed by atoms with van der Waals surface area (Å²) in [5.74, 6) is -0.385. The molecule has 0 amide bonds. The molecule has 10 heteroatoms. The van der Waals surface area contributed by atoms with Gasteiger partial charge in [-0.3, -0.25) is 13.8 Å². The van der Waals surface area contributed by atoms with Crippen molar-refractivity contribution in [3.63, 3.8) is 0 Å². The van der Waals surface area contributed by atoms with Crippen LogP contribution in [0.25, 0.3) is 0 Å². The van der Waals surface area contributed by atoms with Crippen molar-refractivity contribution in [3.05, 3.63) is 48.6 Å². The molecule has 0 bridgehead atoms. The van der Waals surface area contributed by atoms with Crippen LogP contribution >= 0.6 is 7.82 Å². The zero-order valence-electron chi connectivity index (χ0n) is 35.8. The van der Waals surface area contributed by atoms with Gasteiger partial charge < -0.3 is 24.6 Å². The topological polar surface area (TPSA) is 132 Å². The van der Waals surface area contributed by atoms with Crippen LogP contribution < -0.4 is 0 Å². The van der Waals surface area contributed by atoms with Crippen LogP contribution in [-0.2, 0) is 27.9 Å². The molecule has 0 aromatic rings. The quantitative estimate of drug-likeness (QED) is 0.0238. The lowest BCUT2D eigenvalue weighted by molar-refractivity contribution is -0.154. The van der Waals surface area contributed by atoms with E-state index in [1.165, 1.54) is 109 Å². The summed E-state index contributed by atoms with van der Waals surface area (Å²) in [6.45, 7) is 3.40. The lowest BCUT2D eigenvalue weighted by Gasteiger charge is -2.20. The van der Waals surface area contributed by atoms with E-state index in [-0.39, 0.29) is 25.6 Å². The number of aliphatic hydroxyl groups is 2. The van der Waals surface area contributed by atoms with Crippen molar-refractivity contribution in [3.8, 4) is 0 Å². The van der Waals surface area contributed by atoms with Gasteiger partial charge in [-0.15, -0.1) is 0 Å². The summed E-state index contributed by atoms with van der Waals surface area (Å²) in [5, 5.41) is 18.3. The second-order valence-electron chi connectivity index (χ2n) is 15.0. The third-order valence-electron chi connectivity index (χ3n) is 9.53. The molecule has 56 heavy (non-hydrogen) atoms. The molecule has 3 N–H and O–H groups in total. The van der Waals surface area contributed by atoms with Gasteiger partial charge in [0.1, 0.15) is 12.2 Å². The number of carbonyl (C=O) groups excluding carboxylic acids is 1. The van der Waals surface area contributed by atoms with Crippen LogP contribution in [0.4, 0.5) is 0 Å². The van der Waals surface area contributed by atoms with Crippen molar-refractivity contribution < 1.29 is 43.0 Å². The summed E-state index contributed by atoms with van der Waals surface area (Å²) >= 11 is 0. The van der Waals surface area contributed by atoms with Crippen LogP contribution in [0, 0.1) is 0 Å². The number of phosphoric ester groups is 1. The SMILES string of the molecule is CC/C=C\C/C=C\C/C=C\C/C=C\CCCCCCCCCCCCCOCC(COP(=O)(O)OCC(O)CO)OC(=O)CCCCCCCCCCCCC. The average molecular weight is 813 g/mol. The summed E-state index contributed by atoms with van der Waals surface area (Å²) in [4.78, 5) is 22.5. The molecular weight excluding hydrogens is 727 g/mol. The Morgan fingerprint density at radius 2 is 1.02 bits per heavy atom. The van der Waals surface area contributed by atoms with E-state index < -0.39 is 33.2 Å². The van der Waals surface area contributed by atoms with Gasteiger partial charge in [-0.2, -0.15) is 0 Å². The minimum atomic E-state index is -4.51. The van der Waals surface area contributed by atoms with Gasteiger partial charge in [0.25, 0.3) is 0 Å². The maximum absolute atomic E-state index is 12.6. The highest BCUT2D eigenvalue weighted by Crippen LogP contribution is 2.43. The Balaban J connectivity index is 4.04. The molecule has 0 aromatic carbocycles. The van der Waals surface area contributed by atoms with E-state index in [0.717, 1.165) is 64.2 Å². The monoisotopic (exact) mass is 813 g/mol. The molecule has 0 saturated carbocycles. The molecule has 3 atom stereocenters. The van der Waals surface area contributed by atoms with Crippen LogP contribution in [0.2, 0.25) is 0 Å². The Morgan fingerprint density at radius 1 is 0.571 bits per heavy atom. The van der Waals surface area contributed by atoms with Gasteiger partial charge in [0.15, 0.2) is 0 Å². The lowest BCUT2D eigenvalue weighted by atomic mass is 10.1. The smallest absolute Gasteiger partial charge is 0.457 e. The molecule has 0 saturated heterocycles. The number of hydrogen-bond acceptors (Lipinski definition) is 8. The molecule has 0 aliphatic rings. The highest BCUT2D eigenvalue weighted by atomic mass is 31.2. The number of rotatable bonds is 43. The number of allylic oxidation sites excluding steroid dienone is 8. The largest absolute Gasteiger partial charge is 0.472 e. The van der Waals surface area contributed by atoms with Gasteiger partial charge in [0, 0.05) is 13.0 Å². The number of carbonyl (C=O) groups is 1. The van der Waals surface area contributed by atoms with Gasteiger partial charge >= 0.3 is 13.8 Å². The first kappa shape index (κ1) is 54.4. The Kier molecular flexibility index (Phi) is 41.8. The van der Waals surface area contributed by atoms with Crippen molar-refractivity contribution in [2.45, 2.75) is 206 Å². The Hall–Kier alpha value is -1.58. The summed E-state index contributed by atoms with van der Waals surface area (Å²) < 4.78 is 33.4. The molecule has 328 valence electrons. The van der Waals surface area contributed by atoms with Gasteiger partial charge in [0.2, 0.25) is 0 Å². The molecular formula is C46H85O9P. The van der Waals surface area contributed by atoms with Crippen molar-refractivity contribution in [2.24, 2.45) is 0 Å². The molecule has 0 heterocycles. The molecule has 0 fully saturated rings. The van der Waals surface area contributed by atoms with E-state index in [0.29, 0.717) is 6.61 Å². The Morgan fingerprint density at radius 3 is 1.54 bits per heavy atom. The molecule has 0 spiro atoms. The number of ether oxygens (including phenoxy) is 2. The van der Waals surface area contributed by atoms with Crippen molar-refractivity contribution in [2.75, 3.05) is 33.0 Å². The van der Waals surface area contributed by atoms with Crippen LogP contribution in [-0.4, -0.2) is 66.3 Å². The number of unbranched alkanes of at least 4 members (excludes halogenated alkanes) is 21. The minimum absolute atomic E-state index is 0.0483. The van der Waals surface area contributed by atoms with Crippen LogP contribution in [0.5, 0.6) is 0 Å². The molecule has 0 aliphatic heterocycles. The number of esters is 1. The highest BCUT2D eigenvalue weighted by Gasteiger charge is 2.26. The van der Waals surface area contributed by atoms with Gasteiger partial charge in [-0.25, -0.2) is 4.57 Å². The van der Waals surface area contributed by atoms with E-state index in [1.54, 1.807) is 0 Å². The normalized spacial score (nSPS) is 14.4. The Labute approximate surface area is 343 Å². The fourth-order valence-corrected chi connectivity index (χ4v) is 6.90. The summed E-state index contributed by atoms with van der Waals surface area (Å²) in [6, 6.07) is 0. The fraction of sp³-hybridized carbons (Fsp3) is 0.804. The second kappa shape index (κ2) is 43.0. The molecule has 0 rings (SSSR count). The summed E-state index contributed by atoms with van der Waals surface area (Å²) in [6.07, 6.45) is 47.9. The highest BCUT2D eigenvalue weighted by molar-refractivity contribution is 7.47. The van der Waals surface area contributed by atoms with E-state index in [2.05, 4.69) is 62.5 Å². The minimum Gasteiger partial charge on any atom is -0.457 e. The van der Waals surface area contributed by atoms with E-state index in [4.69, 9.17) is 23.6 Å². The maximum Gasteiger partial charge on any atom is 0.472 e. The van der Waals surface area contributed by atoms with Crippen LogP contribution in [0.3, 0.4) is 0 Å². The van der Waals surface area contributed by atoms with E-state index in [9.17, 15) is 19.4 Å². The van der Waals surface area contributed by atoms with Gasteiger partial charge in [-0.05, 0) is 51.4 Å². The number of hydrogen-bond donors (Lipinski definition) is 3. The second-order valence-corrected chi connectivity index (χ2v) is 16.5. The van der Waals surface area contributed by atoms with Crippen LogP contribution in [0.15, 0.2) is 48.6 Å². The molecule has 9 nitrogen and oxygen atoms in total. The van der Waals surface area contributed by atoms with E-state index in [1.807, 2.05) is 0 Å². The van der Waals surface area contributed by atoms with Gasteiger partial charge in [-0.1, -0.05) is 184 Å². The van der Waals surface area contributed by atoms with Crippen molar-refractivity contribution in [1.29, 1.82) is 0 Å². The average Bonchev–Trinajstić information content (AvgIpc) is 3.19. The fourth-order valence-electron chi connectivity index (χ4n) is 6.11. The van der Waals surface area contributed by atoms with Crippen molar-refractivity contribution in [1.82, 2.24) is 0 Å². The molecule has 0 aliphatic carbocycles. The zero-order valence-corrected chi connectivity index (χ0v) is 36.7. The molecule has 0 radical (unpaired) electrons. The third-order valence-corrected chi connectivity index (χ3v) is 10.5. The standard InChI is InChI=1S/C46H85O9P/c1-3-5-7-9-11-13-15-16-17-18-19-20-21-22-23-24-25-26-27-29-31-33-35-37-39-52-42-45(43-54-56(50,51)53-41-44(48)40-47)55-46(49)38-36-34-32-30-28-14-12-10-8-6-4-2/h5,7,11,13,16-17,19-20,44-45,47-48H,3-4,6,8-10,12,14-15,18,21-43H2,1-2H3,(H,50,51)/b7-5-,13-11-,17-16-,20-19-. The lowest BCUT2D eigenvalue weighted by Crippen LogP contribution is -2.29. The van der Waals surface area contributed by atoms with Crippen LogP contribution in [0.1, 0.15) is 194 Å². The predicted octanol–water partition coefficient (Wildman–Crippen LogP) is 12.6. The van der Waals surface area contributed by atoms with E-state index >= 15 is 0 Å². The first-order valence-electron chi connectivity index (χ1n) is 22.6. The Bertz CT molecular complexity index is 1010. The molecule has 0 aromatic heterocycles. The number of phosphoric acid groups is 1. The first-order chi connectivity index (χ1) is 27.3. The molecule has 3 unspecified atom stereocenters. The number of aliphatic hydroxyl groups excluding tert-OH is 2. The maximum atomic E-state index is 12.6. The predicted molar refractivity (Wildman–Crippen MR) is 233 cm³/mol. The summed E-state index contributed by atoms with van der Waals surface area (Å²) in [7, 11) is -4.51. The van der Waals surface area contributed by atoms with Gasteiger partial charge in [0.05, 0.1) is 26.4 Å².